The van der Waals surface area contributed by atoms with Crippen LogP contribution in [0, 0.1) is 12.7 Å². The van der Waals surface area contributed by atoms with E-state index in [0.717, 1.165) is 34.5 Å². The molecule has 200 valence electrons. The number of pyridine rings is 1. The molecule has 7 rings (SSSR count). The molecule has 1 saturated carbocycles. The van der Waals surface area contributed by atoms with E-state index in [1.54, 1.807) is 21.2 Å². The maximum absolute atomic E-state index is 15.0. The molecule has 0 saturated heterocycles. The van der Waals surface area contributed by atoms with Gasteiger partial charge < -0.3 is 10.5 Å². The Balaban J connectivity index is 1.43. The highest BCUT2D eigenvalue weighted by atomic mass is 32.1. The van der Waals surface area contributed by atoms with Crippen molar-refractivity contribution < 1.29 is 9.13 Å². The fourth-order valence-corrected chi connectivity index (χ4v) is 6.08. The molecule has 1 aliphatic rings. The number of hydrogen-bond acceptors (Lipinski definition) is 7. The van der Waals surface area contributed by atoms with Crippen molar-refractivity contribution in [2.24, 2.45) is 0 Å². The summed E-state index contributed by atoms with van der Waals surface area (Å²) in [5.74, 6) is -0.00146. The average Bonchev–Trinajstić information content (AvgIpc) is 3.57. The monoisotopic (exact) mass is 552 g/mol. The fourth-order valence-electron chi connectivity index (χ4n) is 5.16. The van der Waals surface area contributed by atoms with Crippen LogP contribution in [0.4, 0.5) is 10.2 Å². The summed E-state index contributed by atoms with van der Waals surface area (Å²) in [4.78, 5) is 23.5. The molecule has 0 spiro atoms. The zero-order valence-electron chi connectivity index (χ0n) is 21.8. The number of rotatable bonds is 6. The van der Waals surface area contributed by atoms with E-state index in [2.05, 4.69) is 9.97 Å². The number of halogens is 1. The zero-order chi connectivity index (χ0) is 27.5. The number of thiazole rings is 1. The van der Waals surface area contributed by atoms with Crippen LogP contribution in [0.1, 0.15) is 37.1 Å². The molecule has 4 heterocycles. The molecule has 1 aliphatic carbocycles. The summed E-state index contributed by atoms with van der Waals surface area (Å²) in [6, 6.07) is 16.0. The highest BCUT2D eigenvalue weighted by molar-refractivity contribution is 7.15. The highest BCUT2D eigenvalue weighted by Crippen LogP contribution is 2.37. The van der Waals surface area contributed by atoms with E-state index < -0.39 is 11.9 Å². The van der Waals surface area contributed by atoms with Gasteiger partial charge in [-0.05, 0) is 62.1 Å². The third-order valence-corrected chi connectivity index (χ3v) is 8.33. The third-order valence-electron chi connectivity index (χ3n) is 7.33. The van der Waals surface area contributed by atoms with E-state index in [4.69, 9.17) is 15.6 Å². The number of hydrogen-bond donors (Lipinski definition) is 1. The largest absolute Gasteiger partial charge is 0.487 e. The molecule has 40 heavy (non-hydrogen) atoms. The van der Waals surface area contributed by atoms with Crippen LogP contribution >= 0.6 is 11.3 Å². The normalized spacial score (nSPS) is 14.2. The summed E-state index contributed by atoms with van der Waals surface area (Å²) in [7, 11) is 0. The van der Waals surface area contributed by atoms with Gasteiger partial charge in [0.05, 0.1) is 23.1 Å². The zero-order valence-corrected chi connectivity index (χ0v) is 22.7. The minimum absolute atomic E-state index is 0.0811. The second kappa shape index (κ2) is 9.27. The Morgan fingerprint density at radius 3 is 2.65 bits per heavy atom. The summed E-state index contributed by atoms with van der Waals surface area (Å²) >= 11 is 1.51. The second-order valence-electron chi connectivity index (χ2n) is 10.1. The number of nitrogen functional groups attached to an aromatic ring is 1. The Hall–Kier alpha value is -4.57. The quantitative estimate of drug-likeness (QED) is 0.271. The van der Waals surface area contributed by atoms with E-state index in [0.29, 0.717) is 27.9 Å². The summed E-state index contributed by atoms with van der Waals surface area (Å²) in [5.41, 5.74) is 10.8. The molecule has 2 aromatic carbocycles. The number of ether oxygens (including phenoxy) is 1. The van der Waals surface area contributed by atoms with Crippen LogP contribution in [0.5, 0.6) is 5.75 Å². The Labute approximate surface area is 232 Å². The van der Waals surface area contributed by atoms with Gasteiger partial charge in [0.1, 0.15) is 22.7 Å². The van der Waals surface area contributed by atoms with Gasteiger partial charge in [0.2, 0.25) is 0 Å². The van der Waals surface area contributed by atoms with Crippen molar-refractivity contribution in [3.63, 3.8) is 0 Å². The minimum atomic E-state index is -0.464. The molecule has 0 radical (unpaired) electrons. The van der Waals surface area contributed by atoms with Crippen LogP contribution in [-0.2, 0) is 0 Å². The molecule has 10 heteroatoms. The van der Waals surface area contributed by atoms with Crippen molar-refractivity contribution in [3.8, 4) is 28.1 Å². The maximum Gasteiger partial charge on any atom is 0.264 e. The molecule has 1 atom stereocenters. The number of aryl methyl sites for hydroxylation is 1. The lowest BCUT2D eigenvalue weighted by atomic mass is 9.97. The molecule has 1 unspecified atom stereocenters. The van der Waals surface area contributed by atoms with Crippen LogP contribution in [-0.4, -0.2) is 30.3 Å². The van der Waals surface area contributed by atoms with Gasteiger partial charge in [-0.15, -0.1) is 11.3 Å². The lowest BCUT2D eigenvalue weighted by Gasteiger charge is -2.18. The molecule has 8 nitrogen and oxygen atoms in total. The summed E-state index contributed by atoms with van der Waals surface area (Å²) in [5, 5.41) is 7.41. The van der Waals surface area contributed by atoms with Crippen molar-refractivity contribution in [1.82, 2.24) is 24.1 Å². The lowest BCUT2D eigenvalue weighted by Crippen LogP contribution is -2.21. The molecule has 2 N–H and O–H groups in total. The first-order valence-electron chi connectivity index (χ1n) is 13.0. The SMILES string of the molecule is Cc1csc2cc(C(C)n3nc(-c4ccc(OC5CC5)c(F)c4)c4c(N)ncnc43)c(-c3ccccc3)c(=O)n12. The van der Waals surface area contributed by atoms with Crippen LogP contribution in [0.15, 0.2) is 71.1 Å². The second-order valence-corrected chi connectivity index (χ2v) is 11.0. The maximum atomic E-state index is 15.0. The first kappa shape index (κ1) is 24.5. The summed E-state index contributed by atoms with van der Waals surface area (Å²) in [6.45, 7) is 3.90. The van der Waals surface area contributed by atoms with Crippen LogP contribution < -0.4 is 16.0 Å². The van der Waals surface area contributed by atoms with Gasteiger partial charge in [-0.1, -0.05) is 30.3 Å². The predicted molar refractivity (Wildman–Crippen MR) is 154 cm³/mol. The predicted octanol–water partition coefficient (Wildman–Crippen LogP) is 6.01. The van der Waals surface area contributed by atoms with Crippen molar-refractivity contribution in [3.05, 3.63) is 93.7 Å². The molecular weight excluding hydrogens is 527 g/mol. The highest BCUT2D eigenvalue weighted by Gasteiger charge is 2.27. The first-order valence-corrected chi connectivity index (χ1v) is 13.9. The van der Waals surface area contributed by atoms with Crippen molar-refractivity contribution in [2.75, 3.05) is 5.73 Å². The Bertz CT molecular complexity index is 1980. The molecule has 0 amide bonds. The van der Waals surface area contributed by atoms with E-state index in [1.165, 1.54) is 23.7 Å². The Kier molecular flexibility index (Phi) is 5.67. The number of aromatic nitrogens is 5. The van der Waals surface area contributed by atoms with Crippen molar-refractivity contribution >= 4 is 33.0 Å². The Morgan fingerprint density at radius 1 is 1.10 bits per heavy atom. The van der Waals surface area contributed by atoms with Crippen LogP contribution in [0.25, 0.3) is 38.2 Å². The number of nitrogens with zero attached hydrogens (tertiary/aromatic N) is 5. The molecule has 6 aromatic rings. The van der Waals surface area contributed by atoms with Gasteiger partial charge >= 0.3 is 0 Å². The standard InChI is InChI=1S/C30H25FN6O2S/c1-16-14-40-24-13-21(25(30(38)36(16)24)18-6-4-3-5-7-18)17(2)37-29-26(28(32)33-15-34-29)27(35-37)19-8-11-23(22(31)12-19)39-20-9-10-20/h3-8,11-15,17,20H,9-10H2,1-2H3,(H2,32,33,34). The van der Waals surface area contributed by atoms with E-state index in [1.807, 2.05) is 55.6 Å². The number of nitrogens with two attached hydrogens (primary N) is 1. The van der Waals surface area contributed by atoms with E-state index in [-0.39, 0.29) is 23.2 Å². The van der Waals surface area contributed by atoms with Gasteiger partial charge in [0, 0.05) is 16.6 Å². The van der Waals surface area contributed by atoms with Gasteiger partial charge in [-0.2, -0.15) is 5.10 Å². The summed E-state index contributed by atoms with van der Waals surface area (Å²) in [6.07, 6.45) is 3.34. The fraction of sp³-hybridized carbons (Fsp3) is 0.200. The number of benzene rings is 2. The van der Waals surface area contributed by atoms with Gasteiger partial charge in [-0.25, -0.2) is 19.0 Å². The molecular formula is C30H25FN6O2S. The van der Waals surface area contributed by atoms with Crippen LogP contribution in [0.3, 0.4) is 0 Å². The van der Waals surface area contributed by atoms with Gasteiger partial charge in [0.25, 0.3) is 5.56 Å². The van der Waals surface area contributed by atoms with Gasteiger partial charge in [-0.3, -0.25) is 9.20 Å². The molecule has 0 bridgehead atoms. The lowest BCUT2D eigenvalue weighted by molar-refractivity contribution is 0.287. The average molecular weight is 553 g/mol. The van der Waals surface area contributed by atoms with E-state index in [9.17, 15) is 4.79 Å². The molecule has 1 fully saturated rings. The number of anilines is 1. The smallest absolute Gasteiger partial charge is 0.264 e. The van der Waals surface area contributed by atoms with Crippen LogP contribution in [0.2, 0.25) is 0 Å². The minimum Gasteiger partial charge on any atom is -0.487 e. The van der Waals surface area contributed by atoms with Gasteiger partial charge in [0.15, 0.2) is 17.2 Å². The number of fused-ring (bicyclic) bond motifs is 2. The van der Waals surface area contributed by atoms with Crippen molar-refractivity contribution in [2.45, 2.75) is 38.8 Å². The third kappa shape index (κ3) is 3.94. The molecule has 4 aromatic heterocycles. The first-order chi connectivity index (χ1) is 19.4. The summed E-state index contributed by atoms with van der Waals surface area (Å²) < 4.78 is 24.2. The Morgan fingerprint density at radius 2 is 1.90 bits per heavy atom. The van der Waals surface area contributed by atoms with Crippen molar-refractivity contribution in [1.29, 1.82) is 0 Å². The molecule has 0 aliphatic heterocycles. The topological polar surface area (TPSA) is 100 Å². The van der Waals surface area contributed by atoms with E-state index >= 15 is 4.39 Å².